The van der Waals surface area contributed by atoms with E-state index in [1.165, 1.54) is 6.92 Å². The van der Waals surface area contributed by atoms with E-state index in [4.69, 9.17) is 4.74 Å². The molecule has 4 nitrogen and oxygen atoms in total. The zero-order valence-electron chi connectivity index (χ0n) is 13.6. The fourth-order valence-electron chi connectivity index (χ4n) is 2.63. The molecule has 25 heavy (non-hydrogen) atoms. The Kier molecular flexibility index (Phi) is 4.55. The fraction of sp³-hybridized carbons (Fsp3) is 0.211. The average molecular weight is 345 g/mol. The second-order valence-corrected chi connectivity index (χ2v) is 6.08. The second-order valence-electron chi connectivity index (χ2n) is 6.08. The number of hydrogen-bond acceptors (Lipinski definition) is 3. The molecule has 2 aromatic carbocycles. The summed E-state index contributed by atoms with van der Waals surface area (Å²) in [7, 11) is 0. The standard InChI is InChI=1S/C19H17F2NO3/c1-19(24,15-7-6-14(20)9-16(15)21)11-22-18(23)13-8-12-4-2-3-5-17(12)25-10-13/h2-9,24H,10-11H2,1H3,(H,22,23). The molecule has 1 aliphatic rings. The van der Waals surface area contributed by atoms with Gasteiger partial charge in [0, 0.05) is 17.2 Å². The van der Waals surface area contributed by atoms with Crippen molar-refractivity contribution in [2.75, 3.05) is 13.2 Å². The molecule has 3 rings (SSSR count). The number of nitrogens with one attached hydrogen (secondary N) is 1. The van der Waals surface area contributed by atoms with Crippen molar-refractivity contribution in [1.29, 1.82) is 0 Å². The van der Waals surface area contributed by atoms with Gasteiger partial charge in [-0.15, -0.1) is 0 Å². The highest BCUT2D eigenvalue weighted by atomic mass is 19.1. The maximum Gasteiger partial charge on any atom is 0.250 e. The van der Waals surface area contributed by atoms with E-state index in [2.05, 4.69) is 5.32 Å². The maximum atomic E-state index is 13.8. The Morgan fingerprint density at radius 3 is 2.80 bits per heavy atom. The lowest BCUT2D eigenvalue weighted by Crippen LogP contribution is -2.40. The van der Waals surface area contributed by atoms with Crippen molar-refractivity contribution < 1.29 is 23.4 Å². The van der Waals surface area contributed by atoms with Crippen LogP contribution in [-0.4, -0.2) is 24.2 Å². The van der Waals surface area contributed by atoms with Gasteiger partial charge in [0.1, 0.15) is 29.6 Å². The van der Waals surface area contributed by atoms with Crippen molar-refractivity contribution >= 4 is 12.0 Å². The minimum Gasteiger partial charge on any atom is -0.488 e. The molecule has 1 atom stereocenters. The van der Waals surface area contributed by atoms with E-state index in [0.717, 1.165) is 17.7 Å². The van der Waals surface area contributed by atoms with Crippen LogP contribution in [0.2, 0.25) is 0 Å². The van der Waals surface area contributed by atoms with Gasteiger partial charge in [-0.1, -0.05) is 24.3 Å². The summed E-state index contributed by atoms with van der Waals surface area (Å²) in [5, 5.41) is 13.0. The largest absolute Gasteiger partial charge is 0.488 e. The van der Waals surface area contributed by atoms with Gasteiger partial charge in [0.05, 0.1) is 12.1 Å². The van der Waals surface area contributed by atoms with Crippen molar-refractivity contribution in [2.45, 2.75) is 12.5 Å². The number of benzene rings is 2. The predicted molar refractivity (Wildman–Crippen MR) is 88.9 cm³/mol. The van der Waals surface area contributed by atoms with Gasteiger partial charge in [0.25, 0.3) is 5.91 Å². The average Bonchev–Trinajstić information content (AvgIpc) is 2.59. The molecular formula is C19H17F2NO3. The van der Waals surface area contributed by atoms with Crippen molar-refractivity contribution in [1.82, 2.24) is 5.32 Å². The van der Waals surface area contributed by atoms with E-state index < -0.39 is 23.1 Å². The van der Waals surface area contributed by atoms with Crippen molar-refractivity contribution in [3.63, 3.8) is 0 Å². The molecule has 6 heteroatoms. The number of ether oxygens (including phenoxy) is 1. The summed E-state index contributed by atoms with van der Waals surface area (Å²) in [6, 6.07) is 10.2. The molecule has 0 saturated heterocycles. The molecule has 0 radical (unpaired) electrons. The molecule has 0 fully saturated rings. The van der Waals surface area contributed by atoms with Crippen LogP contribution in [0.15, 0.2) is 48.0 Å². The van der Waals surface area contributed by atoms with Crippen molar-refractivity contribution in [2.24, 2.45) is 0 Å². The quantitative estimate of drug-likeness (QED) is 0.896. The normalized spacial score (nSPS) is 15.4. The summed E-state index contributed by atoms with van der Waals surface area (Å²) >= 11 is 0. The molecule has 1 amide bonds. The third-order valence-corrected chi connectivity index (χ3v) is 4.03. The summed E-state index contributed by atoms with van der Waals surface area (Å²) in [6.07, 6.45) is 1.71. The SMILES string of the molecule is CC(O)(CNC(=O)C1=Cc2ccccc2OC1)c1ccc(F)cc1F. The highest BCUT2D eigenvalue weighted by molar-refractivity contribution is 5.99. The zero-order valence-corrected chi connectivity index (χ0v) is 13.6. The summed E-state index contributed by atoms with van der Waals surface area (Å²) in [5.74, 6) is -1.32. The molecule has 2 N–H and O–H groups in total. The highest BCUT2D eigenvalue weighted by Gasteiger charge is 2.28. The number of carbonyl (C=O) groups is 1. The van der Waals surface area contributed by atoms with Crippen LogP contribution in [0.4, 0.5) is 8.78 Å². The first-order valence-electron chi connectivity index (χ1n) is 7.75. The molecule has 0 aromatic heterocycles. The Morgan fingerprint density at radius 2 is 2.04 bits per heavy atom. The van der Waals surface area contributed by atoms with Crippen molar-refractivity contribution in [3.8, 4) is 5.75 Å². The van der Waals surface area contributed by atoms with E-state index in [-0.39, 0.29) is 18.7 Å². The van der Waals surface area contributed by atoms with Gasteiger partial charge in [0.15, 0.2) is 0 Å². The van der Waals surface area contributed by atoms with Crippen LogP contribution in [0.25, 0.3) is 6.08 Å². The lowest BCUT2D eigenvalue weighted by atomic mass is 9.95. The number of aliphatic hydroxyl groups is 1. The van der Waals surface area contributed by atoms with Gasteiger partial charge in [-0.05, 0) is 25.1 Å². The summed E-state index contributed by atoms with van der Waals surface area (Å²) < 4.78 is 32.4. The number of halogens is 2. The Morgan fingerprint density at radius 1 is 1.28 bits per heavy atom. The minimum atomic E-state index is -1.68. The summed E-state index contributed by atoms with van der Waals surface area (Å²) in [6.45, 7) is 1.23. The molecule has 1 aliphatic heterocycles. The molecular weight excluding hydrogens is 328 g/mol. The molecule has 0 saturated carbocycles. The maximum absolute atomic E-state index is 13.8. The minimum absolute atomic E-state index is 0.0894. The van der Waals surface area contributed by atoms with Crippen molar-refractivity contribution in [3.05, 3.63) is 70.8 Å². The Balaban J connectivity index is 1.71. The van der Waals surface area contributed by atoms with E-state index in [0.29, 0.717) is 17.4 Å². The molecule has 1 heterocycles. The van der Waals surface area contributed by atoms with Crippen LogP contribution in [0.5, 0.6) is 5.75 Å². The van der Waals surface area contributed by atoms with E-state index in [1.54, 1.807) is 6.08 Å². The van der Waals surface area contributed by atoms with Gasteiger partial charge < -0.3 is 15.2 Å². The molecule has 0 bridgehead atoms. The van der Waals surface area contributed by atoms with Gasteiger partial charge >= 0.3 is 0 Å². The first-order valence-corrected chi connectivity index (χ1v) is 7.75. The summed E-state index contributed by atoms with van der Waals surface area (Å²) in [4.78, 5) is 12.3. The predicted octanol–water partition coefficient (Wildman–Crippen LogP) is 2.76. The fourth-order valence-corrected chi connectivity index (χ4v) is 2.63. The zero-order chi connectivity index (χ0) is 18.0. The van der Waals surface area contributed by atoms with E-state index in [9.17, 15) is 18.7 Å². The smallest absolute Gasteiger partial charge is 0.250 e. The van der Waals surface area contributed by atoms with Gasteiger partial charge in [0.2, 0.25) is 0 Å². The van der Waals surface area contributed by atoms with Gasteiger partial charge in [-0.2, -0.15) is 0 Å². The Labute approximate surface area is 143 Å². The number of fused-ring (bicyclic) bond motifs is 1. The molecule has 1 unspecified atom stereocenters. The summed E-state index contributed by atoms with van der Waals surface area (Å²) in [5.41, 5.74) is -0.584. The van der Waals surface area contributed by atoms with Gasteiger partial charge in [-0.3, -0.25) is 4.79 Å². The number of carbonyl (C=O) groups excluding carboxylic acids is 1. The van der Waals surface area contributed by atoms with Crippen LogP contribution in [0, 0.1) is 11.6 Å². The van der Waals surface area contributed by atoms with Crippen LogP contribution >= 0.6 is 0 Å². The van der Waals surface area contributed by atoms with Crippen LogP contribution in [-0.2, 0) is 10.4 Å². The lowest BCUT2D eigenvalue weighted by Gasteiger charge is -2.25. The topological polar surface area (TPSA) is 58.6 Å². The van der Waals surface area contributed by atoms with Crippen LogP contribution in [0.1, 0.15) is 18.1 Å². The molecule has 0 spiro atoms. The monoisotopic (exact) mass is 345 g/mol. The first kappa shape index (κ1) is 17.1. The Hall–Kier alpha value is -2.73. The number of rotatable bonds is 4. The third-order valence-electron chi connectivity index (χ3n) is 4.03. The van der Waals surface area contributed by atoms with E-state index >= 15 is 0 Å². The second kappa shape index (κ2) is 6.64. The third kappa shape index (κ3) is 3.69. The number of amides is 1. The molecule has 2 aromatic rings. The Bertz CT molecular complexity index is 846. The van der Waals surface area contributed by atoms with Gasteiger partial charge in [-0.25, -0.2) is 8.78 Å². The van der Waals surface area contributed by atoms with Crippen LogP contribution in [0.3, 0.4) is 0 Å². The number of para-hydroxylation sites is 1. The van der Waals surface area contributed by atoms with E-state index in [1.807, 2.05) is 24.3 Å². The highest BCUT2D eigenvalue weighted by Crippen LogP contribution is 2.26. The first-order chi connectivity index (χ1) is 11.9. The molecule has 0 aliphatic carbocycles. The number of hydrogen-bond donors (Lipinski definition) is 2. The van der Waals surface area contributed by atoms with Crippen LogP contribution < -0.4 is 10.1 Å². The molecule has 130 valence electrons. The lowest BCUT2D eigenvalue weighted by molar-refractivity contribution is -0.119.